The summed E-state index contributed by atoms with van der Waals surface area (Å²) >= 11 is 0. The second-order valence-electron chi connectivity index (χ2n) is 5.62. The van der Waals surface area contributed by atoms with Gasteiger partial charge in [0.2, 0.25) is 0 Å². The fourth-order valence-corrected chi connectivity index (χ4v) is 2.43. The van der Waals surface area contributed by atoms with E-state index in [2.05, 4.69) is 33.0 Å². The van der Waals surface area contributed by atoms with E-state index >= 15 is 0 Å². The summed E-state index contributed by atoms with van der Waals surface area (Å²) in [5.41, 5.74) is 0. The van der Waals surface area contributed by atoms with Crippen LogP contribution >= 0.6 is 0 Å². The van der Waals surface area contributed by atoms with Crippen molar-refractivity contribution >= 4 is 0 Å². The summed E-state index contributed by atoms with van der Waals surface area (Å²) < 4.78 is 6.20. The Bertz CT molecular complexity index is 182. The molecule has 0 aromatic rings. The molecular formula is C14H29NO. The Balaban J connectivity index is 2.25. The molecule has 0 spiro atoms. The van der Waals surface area contributed by atoms with Gasteiger partial charge >= 0.3 is 0 Å². The lowest BCUT2D eigenvalue weighted by Gasteiger charge is -2.30. The Morgan fingerprint density at radius 3 is 2.62 bits per heavy atom. The van der Waals surface area contributed by atoms with Crippen molar-refractivity contribution in [3.8, 4) is 0 Å². The Morgan fingerprint density at radius 1 is 1.31 bits per heavy atom. The molecule has 2 nitrogen and oxygen atoms in total. The summed E-state index contributed by atoms with van der Waals surface area (Å²) in [5, 5.41) is 3.47. The molecule has 0 aromatic carbocycles. The van der Waals surface area contributed by atoms with Gasteiger partial charge in [-0.3, -0.25) is 0 Å². The van der Waals surface area contributed by atoms with Crippen LogP contribution in [0.4, 0.5) is 0 Å². The van der Waals surface area contributed by atoms with Gasteiger partial charge in [0, 0.05) is 12.6 Å². The SMILES string of the molecule is CCC(CNC(C)C)OC1CCCC(C)C1. The van der Waals surface area contributed by atoms with Crippen LogP contribution in [0.25, 0.3) is 0 Å². The molecule has 2 heteroatoms. The molecule has 0 saturated heterocycles. The van der Waals surface area contributed by atoms with Gasteiger partial charge in [-0.15, -0.1) is 0 Å². The van der Waals surface area contributed by atoms with E-state index < -0.39 is 0 Å². The van der Waals surface area contributed by atoms with Crippen molar-refractivity contribution in [3.63, 3.8) is 0 Å². The lowest BCUT2D eigenvalue weighted by molar-refractivity contribution is -0.0396. The first kappa shape index (κ1) is 14.0. The normalized spacial score (nSPS) is 28.3. The highest BCUT2D eigenvalue weighted by molar-refractivity contribution is 4.73. The Morgan fingerprint density at radius 2 is 2.06 bits per heavy atom. The highest BCUT2D eigenvalue weighted by Gasteiger charge is 2.22. The van der Waals surface area contributed by atoms with E-state index in [1.807, 2.05) is 0 Å². The molecule has 0 aliphatic heterocycles. The first-order valence-corrected chi connectivity index (χ1v) is 7.00. The smallest absolute Gasteiger partial charge is 0.0700 e. The molecule has 3 unspecified atom stereocenters. The zero-order valence-corrected chi connectivity index (χ0v) is 11.5. The van der Waals surface area contributed by atoms with Gasteiger partial charge in [0.25, 0.3) is 0 Å². The Labute approximate surface area is 101 Å². The highest BCUT2D eigenvalue weighted by Crippen LogP contribution is 2.26. The molecule has 0 bridgehead atoms. The number of hydrogen-bond acceptors (Lipinski definition) is 2. The van der Waals surface area contributed by atoms with Crippen molar-refractivity contribution in [2.75, 3.05) is 6.54 Å². The van der Waals surface area contributed by atoms with Crippen LogP contribution < -0.4 is 5.32 Å². The monoisotopic (exact) mass is 227 g/mol. The van der Waals surface area contributed by atoms with E-state index in [-0.39, 0.29) is 0 Å². The van der Waals surface area contributed by atoms with E-state index in [9.17, 15) is 0 Å². The number of hydrogen-bond donors (Lipinski definition) is 1. The van der Waals surface area contributed by atoms with E-state index in [4.69, 9.17) is 4.74 Å². The van der Waals surface area contributed by atoms with Crippen LogP contribution in [-0.4, -0.2) is 24.8 Å². The summed E-state index contributed by atoms with van der Waals surface area (Å²) in [4.78, 5) is 0. The Hall–Kier alpha value is -0.0800. The fraction of sp³-hybridized carbons (Fsp3) is 1.00. The maximum absolute atomic E-state index is 6.20. The van der Waals surface area contributed by atoms with Gasteiger partial charge in [-0.25, -0.2) is 0 Å². The molecule has 1 fully saturated rings. The van der Waals surface area contributed by atoms with E-state index in [1.165, 1.54) is 25.7 Å². The molecule has 96 valence electrons. The second kappa shape index (κ2) is 7.29. The molecule has 16 heavy (non-hydrogen) atoms. The van der Waals surface area contributed by atoms with Crippen LogP contribution in [0.3, 0.4) is 0 Å². The van der Waals surface area contributed by atoms with Gasteiger partial charge in [0.15, 0.2) is 0 Å². The van der Waals surface area contributed by atoms with Gasteiger partial charge < -0.3 is 10.1 Å². The molecular weight excluding hydrogens is 198 g/mol. The largest absolute Gasteiger partial charge is 0.374 e. The van der Waals surface area contributed by atoms with Crippen LogP contribution in [0.1, 0.15) is 59.8 Å². The van der Waals surface area contributed by atoms with Crippen LogP contribution in [0.2, 0.25) is 0 Å². The first-order chi connectivity index (χ1) is 7.61. The molecule has 1 aliphatic rings. The fourth-order valence-electron chi connectivity index (χ4n) is 2.43. The Kier molecular flexibility index (Phi) is 6.37. The summed E-state index contributed by atoms with van der Waals surface area (Å²) in [6, 6.07) is 0.558. The molecule has 1 aliphatic carbocycles. The van der Waals surface area contributed by atoms with Crippen molar-refractivity contribution in [2.45, 2.75) is 78.0 Å². The first-order valence-electron chi connectivity index (χ1n) is 7.00. The zero-order chi connectivity index (χ0) is 12.0. The van der Waals surface area contributed by atoms with Crippen molar-refractivity contribution in [2.24, 2.45) is 5.92 Å². The van der Waals surface area contributed by atoms with Crippen molar-refractivity contribution in [1.82, 2.24) is 5.32 Å². The third-order valence-electron chi connectivity index (χ3n) is 3.48. The van der Waals surface area contributed by atoms with Crippen LogP contribution in [0.5, 0.6) is 0 Å². The standard InChI is InChI=1S/C14H29NO/c1-5-13(10-15-11(2)3)16-14-8-6-7-12(4)9-14/h11-15H,5-10H2,1-4H3. The van der Waals surface area contributed by atoms with Crippen LogP contribution in [0.15, 0.2) is 0 Å². The molecule has 1 rings (SSSR count). The van der Waals surface area contributed by atoms with Crippen molar-refractivity contribution in [1.29, 1.82) is 0 Å². The quantitative estimate of drug-likeness (QED) is 0.751. The average Bonchev–Trinajstić information content (AvgIpc) is 2.24. The van der Waals surface area contributed by atoms with Gasteiger partial charge in [-0.05, 0) is 25.2 Å². The summed E-state index contributed by atoms with van der Waals surface area (Å²) in [7, 11) is 0. The van der Waals surface area contributed by atoms with Gasteiger partial charge in [-0.1, -0.05) is 40.5 Å². The molecule has 0 heterocycles. The molecule has 0 amide bonds. The van der Waals surface area contributed by atoms with E-state index in [1.54, 1.807) is 0 Å². The van der Waals surface area contributed by atoms with E-state index in [0.29, 0.717) is 18.2 Å². The number of ether oxygens (including phenoxy) is 1. The lowest BCUT2D eigenvalue weighted by atomic mass is 9.88. The van der Waals surface area contributed by atoms with Crippen LogP contribution in [0, 0.1) is 5.92 Å². The van der Waals surface area contributed by atoms with Crippen LogP contribution in [-0.2, 0) is 4.74 Å². The molecule has 1 saturated carbocycles. The van der Waals surface area contributed by atoms with Gasteiger partial charge in [-0.2, -0.15) is 0 Å². The van der Waals surface area contributed by atoms with Crippen molar-refractivity contribution < 1.29 is 4.74 Å². The minimum absolute atomic E-state index is 0.401. The number of rotatable bonds is 6. The zero-order valence-electron chi connectivity index (χ0n) is 11.5. The number of nitrogens with one attached hydrogen (secondary N) is 1. The van der Waals surface area contributed by atoms with Gasteiger partial charge in [0.1, 0.15) is 0 Å². The van der Waals surface area contributed by atoms with E-state index in [0.717, 1.165) is 18.9 Å². The lowest BCUT2D eigenvalue weighted by Crippen LogP contribution is -2.36. The molecule has 1 N–H and O–H groups in total. The second-order valence-corrected chi connectivity index (χ2v) is 5.62. The minimum Gasteiger partial charge on any atom is -0.374 e. The topological polar surface area (TPSA) is 21.3 Å². The molecule has 0 aromatic heterocycles. The molecule has 0 radical (unpaired) electrons. The van der Waals surface area contributed by atoms with Gasteiger partial charge in [0.05, 0.1) is 12.2 Å². The maximum atomic E-state index is 6.20. The average molecular weight is 227 g/mol. The highest BCUT2D eigenvalue weighted by atomic mass is 16.5. The van der Waals surface area contributed by atoms with Crippen molar-refractivity contribution in [3.05, 3.63) is 0 Å². The molecule has 3 atom stereocenters. The third kappa shape index (κ3) is 5.31. The predicted octanol–water partition coefficient (Wildman–Crippen LogP) is 3.36. The maximum Gasteiger partial charge on any atom is 0.0700 e. The third-order valence-corrected chi connectivity index (χ3v) is 3.48. The summed E-state index contributed by atoms with van der Waals surface area (Å²) in [5.74, 6) is 0.856. The minimum atomic E-state index is 0.401. The summed E-state index contributed by atoms with van der Waals surface area (Å²) in [6.07, 6.45) is 7.30. The summed E-state index contributed by atoms with van der Waals surface area (Å²) in [6.45, 7) is 9.95. The predicted molar refractivity (Wildman–Crippen MR) is 69.7 cm³/mol.